The van der Waals surface area contributed by atoms with Crippen LogP contribution in [0.15, 0.2) is 97.1 Å². The maximum atomic E-state index is 15.6. The topological polar surface area (TPSA) is 222 Å². The van der Waals surface area contributed by atoms with Crippen molar-refractivity contribution in [3.63, 3.8) is 0 Å². The van der Waals surface area contributed by atoms with Gasteiger partial charge in [-0.05, 0) is 159 Å². The van der Waals surface area contributed by atoms with Gasteiger partial charge < -0.3 is 68.8 Å². The largest absolute Gasteiger partial charge is 0.377 e. The number of rotatable bonds is 13. The fraction of sp³-hybridized carbons (Fsp3) is 0.492. The van der Waals surface area contributed by atoms with Gasteiger partial charge in [-0.25, -0.2) is 9.59 Å². The molecule has 25 heteroatoms. The number of carbonyl (C=O) groups excluding carboxylic acids is 3. The van der Waals surface area contributed by atoms with E-state index in [0.717, 1.165) is 44.7 Å². The Hall–Kier alpha value is -8.33. The van der Waals surface area contributed by atoms with E-state index in [-0.39, 0.29) is 30.1 Å². The summed E-state index contributed by atoms with van der Waals surface area (Å²) >= 11 is 0. The summed E-state index contributed by atoms with van der Waals surface area (Å²) in [6.07, 6.45) is 2.09. The third kappa shape index (κ3) is 14.0. The molecule has 6 aliphatic heterocycles. The van der Waals surface area contributed by atoms with Gasteiger partial charge in [0.25, 0.3) is 5.91 Å². The number of likely N-dealkylation sites (N-methyl/N-ethyl adjacent to an activating group) is 1. The van der Waals surface area contributed by atoms with E-state index in [1.54, 1.807) is 48.5 Å². The minimum absolute atomic E-state index is 0.0204. The molecule has 6 aromatic rings. The van der Waals surface area contributed by atoms with E-state index in [4.69, 9.17) is 48.9 Å². The molecule has 4 unspecified atom stereocenters. The standard InChI is InChI=1S/C65H84N18O7/c1-44-40-87-36-32-78(44)60-68-57(69-61(72-60)79-33-37-88-41-45(79)2)48-10-18-55(19-11-48)82(64(85)66-51-14-8-50(9-15-51)59(84)77-30-28-75(7)29-31-77)83(65(86)67-52-16-22-54(23-17-52)76-26-24-53(25-27-76)74(5)6)56-20-12-49(13-21-56)58-70-62(80-34-38-89-42-46(80)3)73-63(71-58)81-35-39-90-43-47(81)4/h8-23,44-47,53H,24-43H2,1-7H3,(H,66,85)(H,67,86). The van der Waals surface area contributed by atoms with E-state index < -0.39 is 12.1 Å². The predicted octanol–water partition coefficient (Wildman–Crippen LogP) is 6.90. The number of amides is 5. The molecule has 2 N–H and O–H groups in total. The second-order valence-electron chi connectivity index (χ2n) is 24.5. The predicted molar refractivity (Wildman–Crippen MR) is 349 cm³/mol. The number of hydrogen-bond acceptors (Lipinski definition) is 20. The summed E-state index contributed by atoms with van der Waals surface area (Å²) in [5.74, 6) is 2.95. The van der Waals surface area contributed by atoms with Gasteiger partial charge in [0.15, 0.2) is 11.6 Å². The normalized spacial score (nSPS) is 21.3. The number of piperazine rings is 1. The van der Waals surface area contributed by atoms with E-state index in [2.05, 4.69) is 86.7 Å². The Morgan fingerprint density at radius 2 is 0.822 bits per heavy atom. The molecular formula is C65H84N18O7. The molecule has 0 bridgehead atoms. The van der Waals surface area contributed by atoms with Gasteiger partial charge in [0.05, 0.1) is 88.4 Å². The average molecular weight is 1230 g/mol. The van der Waals surface area contributed by atoms with Crippen molar-refractivity contribution >= 4 is 70.2 Å². The molecule has 4 atom stereocenters. The van der Waals surface area contributed by atoms with Crippen LogP contribution < -0.4 is 45.2 Å². The number of anilines is 9. The minimum Gasteiger partial charge on any atom is -0.377 e. The van der Waals surface area contributed by atoms with Crippen LogP contribution in [-0.4, -0.2) is 232 Å². The monoisotopic (exact) mass is 1230 g/mol. The Balaban J connectivity index is 0.934. The summed E-state index contributed by atoms with van der Waals surface area (Å²) in [7, 11) is 6.32. The number of benzene rings is 4. The van der Waals surface area contributed by atoms with E-state index in [1.165, 1.54) is 10.0 Å². The molecular weight excluding hydrogens is 1140 g/mol. The summed E-state index contributed by atoms with van der Waals surface area (Å²) in [5.41, 5.74) is 4.48. The molecule has 0 saturated carbocycles. The second kappa shape index (κ2) is 27.8. The van der Waals surface area contributed by atoms with Crippen molar-refractivity contribution in [1.82, 2.24) is 44.6 Å². The van der Waals surface area contributed by atoms with Crippen molar-refractivity contribution in [2.75, 3.05) is 185 Å². The highest BCUT2D eigenvalue weighted by atomic mass is 16.5. The lowest BCUT2D eigenvalue weighted by Gasteiger charge is -2.36. The fourth-order valence-electron chi connectivity index (χ4n) is 12.4. The lowest BCUT2D eigenvalue weighted by atomic mass is 10.0. The quantitative estimate of drug-likeness (QED) is 0.112. The molecule has 6 saturated heterocycles. The number of morpholine rings is 4. The summed E-state index contributed by atoms with van der Waals surface area (Å²) < 4.78 is 23.3. The molecule has 0 spiro atoms. The van der Waals surface area contributed by atoms with Crippen LogP contribution in [0, 0.1) is 0 Å². The number of aromatic nitrogens is 6. The van der Waals surface area contributed by atoms with Gasteiger partial charge in [0.2, 0.25) is 23.8 Å². The number of hydrogen-bond donors (Lipinski definition) is 2. The summed E-state index contributed by atoms with van der Waals surface area (Å²) in [4.78, 5) is 92.7. The van der Waals surface area contributed by atoms with E-state index >= 15 is 9.59 Å². The first-order chi connectivity index (χ1) is 43.7. The minimum atomic E-state index is -0.671. The van der Waals surface area contributed by atoms with Gasteiger partial charge in [-0.2, -0.15) is 39.9 Å². The molecule has 5 amide bonds. The van der Waals surface area contributed by atoms with Crippen LogP contribution in [0.1, 0.15) is 50.9 Å². The zero-order chi connectivity index (χ0) is 62.4. The van der Waals surface area contributed by atoms with Crippen molar-refractivity contribution in [2.45, 2.75) is 70.7 Å². The molecule has 476 valence electrons. The van der Waals surface area contributed by atoms with Crippen LogP contribution in [-0.2, 0) is 18.9 Å². The van der Waals surface area contributed by atoms with E-state index in [9.17, 15) is 4.79 Å². The Bertz CT molecular complexity index is 3340. The lowest BCUT2D eigenvalue weighted by Crippen LogP contribution is -2.54. The molecule has 8 heterocycles. The van der Waals surface area contributed by atoms with Crippen molar-refractivity contribution in [1.29, 1.82) is 0 Å². The van der Waals surface area contributed by atoms with Gasteiger partial charge >= 0.3 is 12.1 Å². The maximum absolute atomic E-state index is 15.6. The Labute approximate surface area is 526 Å². The first-order valence-electron chi connectivity index (χ1n) is 31.6. The first kappa shape index (κ1) is 61.9. The number of nitrogens with one attached hydrogen (secondary N) is 2. The maximum Gasteiger partial charge on any atom is 0.345 e. The molecule has 0 aliphatic carbocycles. The van der Waals surface area contributed by atoms with Crippen LogP contribution in [0.25, 0.3) is 22.8 Å². The number of urea groups is 2. The second-order valence-corrected chi connectivity index (χ2v) is 24.5. The van der Waals surface area contributed by atoms with Crippen molar-refractivity contribution in [3.8, 4) is 22.8 Å². The van der Waals surface area contributed by atoms with Gasteiger partial charge in [-0.15, -0.1) is 0 Å². The zero-order valence-corrected chi connectivity index (χ0v) is 52.8. The van der Waals surface area contributed by atoms with Crippen LogP contribution in [0.4, 0.5) is 61.8 Å². The molecule has 90 heavy (non-hydrogen) atoms. The first-order valence-corrected chi connectivity index (χ1v) is 31.6. The van der Waals surface area contributed by atoms with Crippen LogP contribution in [0.2, 0.25) is 0 Å². The van der Waals surface area contributed by atoms with Gasteiger partial charge in [-0.3, -0.25) is 4.79 Å². The lowest BCUT2D eigenvalue weighted by molar-refractivity contribution is 0.0664. The molecule has 6 fully saturated rings. The third-order valence-electron chi connectivity index (χ3n) is 17.9. The van der Waals surface area contributed by atoms with Crippen LogP contribution in [0.3, 0.4) is 0 Å². The number of piperidine rings is 1. The van der Waals surface area contributed by atoms with Crippen molar-refractivity contribution < 1.29 is 33.3 Å². The Morgan fingerprint density at radius 3 is 1.18 bits per heavy atom. The highest BCUT2D eigenvalue weighted by Gasteiger charge is 2.34. The van der Waals surface area contributed by atoms with Crippen LogP contribution >= 0.6 is 0 Å². The smallest absolute Gasteiger partial charge is 0.345 e. The SMILES string of the molecule is CC1COCCN1c1nc(-c2ccc(N(C(=O)Nc3ccc(C(=O)N4CCN(C)CC4)cc3)N(C(=O)Nc3ccc(N4CCC(N(C)C)CC4)cc3)c3ccc(-c4nc(N5CCOCC5C)nc(N5CCOCC5C)n4)cc3)cc2)nc(N2CCOCC2C)n1. The zero-order valence-electron chi connectivity index (χ0n) is 52.8. The highest BCUT2D eigenvalue weighted by Crippen LogP contribution is 2.34. The van der Waals surface area contributed by atoms with Crippen LogP contribution in [0.5, 0.6) is 0 Å². The average Bonchev–Trinajstić information content (AvgIpc) is 1.01. The summed E-state index contributed by atoms with van der Waals surface area (Å²) in [6, 6.07) is 28.5. The molecule has 4 aromatic carbocycles. The van der Waals surface area contributed by atoms with Gasteiger partial charge in [0.1, 0.15) is 0 Å². The number of nitrogens with zero attached hydrogens (tertiary/aromatic N) is 16. The molecule has 2 aromatic heterocycles. The van der Waals surface area contributed by atoms with E-state index in [1.807, 2.05) is 60.5 Å². The Morgan fingerprint density at radius 1 is 0.456 bits per heavy atom. The fourth-order valence-corrected chi connectivity index (χ4v) is 12.4. The Kier molecular flexibility index (Phi) is 19.1. The van der Waals surface area contributed by atoms with Gasteiger partial charge in [-0.1, -0.05) is 0 Å². The molecule has 25 nitrogen and oxygen atoms in total. The molecule has 0 radical (unpaired) electrons. The number of ether oxygens (including phenoxy) is 4. The van der Waals surface area contributed by atoms with Gasteiger partial charge in [0, 0.05) is 105 Å². The van der Waals surface area contributed by atoms with Crippen molar-refractivity contribution in [2.24, 2.45) is 0 Å². The van der Waals surface area contributed by atoms with Crippen molar-refractivity contribution in [3.05, 3.63) is 103 Å². The molecule has 12 rings (SSSR count). The number of hydrazine groups is 1. The number of carbonyl (C=O) groups is 3. The summed E-state index contributed by atoms with van der Waals surface area (Å²) in [6.45, 7) is 19.7. The molecule has 6 aliphatic rings. The highest BCUT2D eigenvalue weighted by molar-refractivity contribution is 6.13. The third-order valence-corrected chi connectivity index (χ3v) is 17.9. The van der Waals surface area contributed by atoms with E-state index in [0.29, 0.717) is 173 Å². The summed E-state index contributed by atoms with van der Waals surface area (Å²) in [5, 5.41) is 8.88.